The molecular weight excluding hydrogens is 274 g/mol. The lowest BCUT2D eigenvalue weighted by molar-refractivity contribution is -0.116. The van der Waals surface area contributed by atoms with E-state index in [-0.39, 0.29) is 5.91 Å². The first-order chi connectivity index (χ1) is 9.61. The van der Waals surface area contributed by atoms with E-state index in [9.17, 15) is 4.79 Å². The topological polar surface area (TPSA) is 57.8 Å². The number of nitrogens with one attached hydrogen (secondary N) is 2. The SMILES string of the molecule is CCCCC(=O)Nc1n[nH]c(C)c1-c1ccc(Cl)cc1. The summed E-state index contributed by atoms with van der Waals surface area (Å²) in [6.45, 7) is 3.99. The molecule has 0 unspecified atom stereocenters. The molecule has 2 rings (SSSR count). The number of aromatic amines is 1. The molecule has 106 valence electrons. The van der Waals surface area contributed by atoms with Gasteiger partial charge in [-0.25, -0.2) is 0 Å². The fourth-order valence-corrected chi connectivity index (χ4v) is 2.15. The third-order valence-corrected chi connectivity index (χ3v) is 3.35. The molecule has 0 radical (unpaired) electrons. The van der Waals surface area contributed by atoms with E-state index in [1.54, 1.807) is 0 Å². The first-order valence-corrected chi connectivity index (χ1v) is 7.10. The highest BCUT2D eigenvalue weighted by Crippen LogP contribution is 2.30. The molecule has 2 aromatic rings. The van der Waals surface area contributed by atoms with Crippen LogP contribution in [0.5, 0.6) is 0 Å². The van der Waals surface area contributed by atoms with Gasteiger partial charge < -0.3 is 5.32 Å². The number of nitrogens with zero attached hydrogens (tertiary/aromatic N) is 1. The fraction of sp³-hybridized carbons (Fsp3) is 0.333. The van der Waals surface area contributed by atoms with Crippen molar-refractivity contribution in [2.24, 2.45) is 0 Å². The van der Waals surface area contributed by atoms with Crippen LogP contribution in [-0.4, -0.2) is 16.1 Å². The van der Waals surface area contributed by atoms with Gasteiger partial charge in [0.15, 0.2) is 5.82 Å². The number of rotatable bonds is 5. The summed E-state index contributed by atoms with van der Waals surface area (Å²) in [4.78, 5) is 11.8. The number of amides is 1. The maximum atomic E-state index is 11.8. The van der Waals surface area contributed by atoms with Gasteiger partial charge in [0.25, 0.3) is 0 Å². The average Bonchev–Trinajstić information content (AvgIpc) is 2.78. The van der Waals surface area contributed by atoms with Gasteiger partial charge in [-0.2, -0.15) is 5.10 Å². The number of aromatic nitrogens is 2. The Morgan fingerprint density at radius 2 is 2.05 bits per heavy atom. The number of H-pyrrole nitrogens is 1. The first-order valence-electron chi connectivity index (χ1n) is 6.72. The molecule has 20 heavy (non-hydrogen) atoms. The molecule has 1 aromatic heterocycles. The summed E-state index contributed by atoms with van der Waals surface area (Å²) in [7, 11) is 0. The molecular formula is C15H18ClN3O. The van der Waals surface area contributed by atoms with Gasteiger partial charge >= 0.3 is 0 Å². The molecule has 0 fully saturated rings. The molecule has 0 saturated heterocycles. The molecule has 0 aliphatic rings. The van der Waals surface area contributed by atoms with Gasteiger partial charge in [0.1, 0.15) is 0 Å². The zero-order valence-electron chi connectivity index (χ0n) is 11.7. The van der Waals surface area contributed by atoms with Crippen molar-refractivity contribution in [3.05, 3.63) is 35.0 Å². The zero-order chi connectivity index (χ0) is 14.5. The molecule has 5 heteroatoms. The highest BCUT2D eigenvalue weighted by atomic mass is 35.5. The number of unbranched alkanes of at least 4 members (excludes halogenated alkanes) is 1. The molecule has 0 atom stereocenters. The van der Waals surface area contributed by atoms with Gasteiger partial charge in [-0.3, -0.25) is 9.89 Å². The smallest absolute Gasteiger partial charge is 0.225 e. The largest absolute Gasteiger partial charge is 0.309 e. The van der Waals surface area contributed by atoms with E-state index in [2.05, 4.69) is 22.4 Å². The number of hydrogen-bond acceptors (Lipinski definition) is 2. The predicted molar refractivity (Wildman–Crippen MR) is 81.9 cm³/mol. The van der Waals surface area contributed by atoms with Crippen LogP contribution in [0.1, 0.15) is 31.9 Å². The molecule has 0 bridgehead atoms. The summed E-state index contributed by atoms with van der Waals surface area (Å²) in [5, 5.41) is 10.6. The van der Waals surface area contributed by atoms with Gasteiger partial charge in [-0.1, -0.05) is 37.1 Å². The van der Waals surface area contributed by atoms with Gasteiger partial charge in [0.05, 0.1) is 0 Å². The lowest BCUT2D eigenvalue weighted by Gasteiger charge is -2.06. The minimum absolute atomic E-state index is 0.00596. The van der Waals surface area contributed by atoms with Crippen LogP contribution < -0.4 is 5.32 Å². The van der Waals surface area contributed by atoms with Crippen molar-refractivity contribution in [3.8, 4) is 11.1 Å². The number of carbonyl (C=O) groups excluding carboxylic acids is 1. The molecule has 0 aliphatic heterocycles. The third kappa shape index (κ3) is 3.39. The van der Waals surface area contributed by atoms with E-state index in [0.717, 1.165) is 29.7 Å². The van der Waals surface area contributed by atoms with E-state index < -0.39 is 0 Å². The van der Waals surface area contributed by atoms with Gasteiger partial charge in [0.2, 0.25) is 5.91 Å². The lowest BCUT2D eigenvalue weighted by atomic mass is 10.1. The Morgan fingerprint density at radius 1 is 1.35 bits per heavy atom. The van der Waals surface area contributed by atoms with Crippen LogP contribution in [0.3, 0.4) is 0 Å². The maximum Gasteiger partial charge on any atom is 0.225 e. The van der Waals surface area contributed by atoms with E-state index in [1.807, 2.05) is 31.2 Å². The monoisotopic (exact) mass is 291 g/mol. The normalized spacial score (nSPS) is 10.6. The van der Waals surface area contributed by atoms with Crippen LogP contribution in [0.15, 0.2) is 24.3 Å². The molecule has 1 heterocycles. The van der Waals surface area contributed by atoms with Crippen LogP contribution in [0.2, 0.25) is 5.02 Å². The van der Waals surface area contributed by atoms with E-state index in [0.29, 0.717) is 17.3 Å². The summed E-state index contributed by atoms with van der Waals surface area (Å²) < 4.78 is 0. The second-order valence-corrected chi connectivity index (χ2v) is 5.17. The highest BCUT2D eigenvalue weighted by Gasteiger charge is 2.14. The molecule has 2 N–H and O–H groups in total. The Labute approximate surface area is 123 Å². The maximum absolute atomic E-state index is 11.8. The molecule has 4 nitrogen and oxygen atoms in total. The van der Waals surface area contributed by atoms with E-state index >= 15 is 0 Å². The summed E-state index contributed by atoms with van der Waals surface area (Å²) in [6, 6.07) is 7.49. The minimum Gasteiger partial charge on any atom is -0.309 e. The number of carbonyl (C=O) groups is 1. The Kier molecular flexibility index (Phi) is 4.79. The number of halogens is 1. The number of hydrogen-bond donors (Lipinski definition) is 2. The summed E-state index contributed by atoms with van der Waals surface area (Å²) in [6.07, 6.45) is 2.39. The van der Waals surface area contributed by atoms with Crippen molar-refractivity contribution in [2.75, 3.05) is 5.32 Å². The fourth-order valence-electron chi connectivity index (χ4n) is 2.02. The van der Waals surface area contributed by atoms with Crippen LogP contribution in [0.4, 0.5) is 5.82 Å². The Bertz CT molecular complexity index is 590. The number of anilines is 1. The van der Waals surface area contributed by atoms with Crippen LogP contribution in [0, 0.1) is 6.92 Å². The van der Waals surface area contributed by atoms with E-state index in [4.69, 9.17) is 11.6 Å². The molecule has 0 saturated carbocycles. The van der Waals surface area contributed by atoms with Gasteiger partial charge in [-0.05, 0) is 31.0 Å². The predicted octanol–water partition coefficient (Wildman–Crippen LogP) is 4.17. The molecule has 0 spiro atoms. The molecule has 1 aromatic carbocycles. The zero-order valence-corrected chi connectivity index (χ0v) is 12.4. The second kappa shape index (κ2) is 6.57. The Morgan fingerprint density at radius 3 is 2.70 bits per heavy atom. The van der Waals surface area contributed by atoms with E-state index in [1.165, 1.54) is 0 Å². The third-order valence-electron chi connectivity index (χ3n) is 3.10. The summed E-state index contributed by atoms with van der Waals surface area (Å²) >= 11 is 5.90. The van der Waals surface area contributed by atoms with Gasteiger partial charge in [-0.15, -0.1) is 0 Å². The van der Waals surface area contributed by atoms with Crippen molar-refractivity contribution in [1.29, 1.82) is 0 Å². The van der Waals surface area contributed by atoms with Crippen molar-refractivity contribution >= 4 is 23.3 Å². The van der Waals surface area contributed by atoms with Crippen molar-refractivity contribution in [3.63, 3.8) is 0 Å². The Hall–Kier alpha value is -1.81. The molecule has 0 aliphatic carbocycles. The second-order valence-electron chi connectivity index (χ2n) is 4.73. The lowest BCUT2D eigenvalue weighted by Crippen LogP contribution is -2.12. The van der Waals surface area contributed by atoms with Gasteiger partial charge in [0, 0.05) is 22.7 Å². The van der Waals surface area contributed by atoms with Crippen LogP contribution in [0.25, 0.3) is 11.1 Å². The van der Waals surface area contributed by atoms with Crippen molar-refractivity contribution < 1.29 is 4.79 Å². The average molecular weight is 292 g/mol. The van der Waals surface area contributed by atoms with Crippen LogP contribution >= 0.6 is 11.6 Å². The standard InChI is InChI=1S/C15H18ClN3O/c1-3-4-5-13(20)17-15-14(10(2)18-19-15)11-6-8-12(16)9-7-11/h6-9H,3-5H2,1-2H3,(H2,17,18,19,20). The van der Waals surface area contributed by atoms with Crippen LogP contribution in [-0.2, 0) is 4.79 Å². The number of benzene rings is 1. The highest BCUT2D eigenvalue weighted by molar-refractivity contribution is 6.30. The minimum atomic E-state index is -0.00596. The van der Waals surface area contributed by atoms with Crippen molar-refractivity contribution in [2.45, 2.75) is 33.1 Å². The Balaban J connectivity index is 2.23. The van der Waals surface area contributed by atoms with Crippen molar-refractivity contribution in [1.82, 2.24) is 10.2 Å². The number of aryl methyl sites for hydroxylation is 1. The first kappa shape index (κ1) is 14.6. The molecule has 1 amide bonds. The quantitative estimate of drug-likeness (QED) is 0.869. The summed E-state index contributed by atoms with van der Waals surface area (Å²) in [5.74, 6) is 0.569. The summed E-state index contributed by atoms with van der Waals surface area (Å²) in [5.41, 5.74) is 2.80.